The third-order valence-corrected chi connectivity index (χ3v) is 3.47. The van der Waals surface area contributed by atoms with Gasteiger partial charge in [-0.15, -0.1) is 0 Å². The van der Waals surface area contributed by atoms with Crippen molar-refractivity contribution in [3.05, 3.63) is 41.7 Å². The monoisotopic (exact) mass is 253 g/mol. The third kappa shape index (κ3) is 3.18. The van der Waals surface area contributed by atoms with E-state index in [1.54, 1.807) is 0 Å². The number of fused-ring (bicyclic) bond motifs is 1. The van der Waals surface area contributed by atoms with Crippen LogP contribution in [0.5, 0.6) is 0 Å². The Labute approximate surface area is 113 Å². The Kier molecular flexibility index (Phi) is 3.56. The summed E-state index contributed by atoms with van der Waals surface area (Å²) in [5.41, 5.74) is 4.25. The maximum absolute atomic E-state index is 4.64. The zero-order chi connectivity index (χ0) is 13.1. The molecule has 1 fully saturated rings. The van der Waals surface area contributed by atoms with E-state index >= 15 is 0 Å². The highest BCUT2D eigenvalue weighted by Gasteiger charge is 2.20. The standard InChI is InChI=1S/C16H19N3/c1-2-12(10-17-13-7-8-13)9-14-11-18-15-5-3-4-6-16(15)19-14/h3-6,9,11,13,17H,2,7-8,10H2,1H3. The quantitative estimate of drug-likeness (QED) is 0.889. The van der Waals surface area contributed by atoms with Crippen LogP contribution in [0.4, 0.5) is 0 Å². The van der Waals surface area contributed by atoms with Gasteiger partial charge in [0, 0.05) is 12.6 Å². The smallest absolute Gasteiger partial charge is 0.0894 e. The van der Waals surface area contributed by atoms with Gasteiger partial charge in [-0.3, -0.25) is 4.98 Å². The minimum atomic E-state index is 0.748. The maximum Gasteiger partial charge on any atom is 0.0894 e. The van der Waals surface area contributed by atoms with Gasteiger partial charge in [-0.05, 0) is 37.5 Å². The third-order valence-electron chi connectivity index (χ3n) is 3.47. The van der Waals surface area contributed by atoms with Gasteiger partial charge in [-0.1, -0.05) is 24.6 Å². The van der Waals surface area contributed by atoms with Crippen molar-refractivity contribution < 1.29 is 0 Å². The van der Waals surface area contributed by atoms with E-state index in [9.17, 15) is 0 Å². The van der Waals surface area contributed by atoms with Crippen molar-refractivity contribution in [3.8, 4) is 0 Å². The second kappa shape index (κ2) is 5.49. The summed E-state index contributed by atoms with van der Waals surface area (Å²) in [7, 11) is 0. The topological polar surface area (TPSA) is 37.8 Å². The van der Waals surface area contributed by atoms with E-state index in [2.05, 4.69) is 28.3 Å². The van der Waals surface area contributed by atoms with Crippen molar-refractivity contribution >= 4 is 17.1 Å². The molecule has 0 spiro atoms. The molecule has 0 atom stereocenters. The molecule has 1 aliphatic carbocycles. The average molecular weight is 253 g/mol. The fourth-order valence-electron chi connectivity index (χ4n) is 2.09. The number of nitrogens with zero attached hydrogens (tertiary/aromatic N) is 2. The van der Waals surface area contributed by atoms with Crippen LogP contribution in [0, 0.1) is 0 Å². The lowest BCUT2D eigenvalue weighted by molar-refractivity contribution is 0.722. The Bertz CT molecular complexity index is 600. The number of nitrogens with one attached hydrogen (secondary N) is 1. The molecular weight excluding hydrogens is 234 g/mol. The van der Waals surface area contributed by atoms with Crippen LogP contribution < -0.4 is 5.32 Å². The van der Waals surface area contributed by atoms with E-state index in [-0.39, 0.29) is 0 Å². The highest BCUT2D eigenvalue weighted by Crippen LogP contribution is 2.19. The van der Waals surface area contributed by atoms with Gasteiger partial charge in [-0.25, -0.2) is 4.98 Å². The highest BCUT2D eigenvalue weighted by atomic mass is 14.9. The molecular formula is C16H19N3. The van der Waals surface area contributed by atoms with Crippen LogP contribution in [0.1, 0.15) is 31.9 Å². The lowest BCUT2D eigenvalue weighted by Crippen LogP contribution is -2.19. The molecule has 0 amide bonds. The Balaban J connectivity index is 1.80. The largest absolute Gasteiger partial charge is 0.310 e. The zero-order valence-electron chi connectivity index (χ0n) is 11.3. The summed E-state index contributed by atoms with van der Waals surface area (Å²) in [6.07, 6.45) is 7.72. The number of benzene rings is 1. The molecule has 1 saturated carbocycles. The molecule has 3 heteroatoms. The van der Waals surface area contributed by atoms with Gasteiger partial charge in [0.25, 0.3) is 0 Å². The summed E-state index contributed by atoms with van der Waals surface area (Å²) in [4.78, 5) is 9.09. The minimum absolute atomic E-state index is 0.748. The Morgan fingerprint density at radius 1 is 1.32 bits per heavy atom. The van der Waals surface area contributed by atoms with Crippen LogP contribution in [0.2, 0.25) is 0 Å². The van der Waals surface area contributed by atoms with E-state index in [1.165, 1.54) is 18.4 Å². The van der Waals surface area contributed by atoms with Crippen LogP contribution in [-0.4, -0.2) is 22.6 Å². The van der Waals surface area contributed by atoms with Crippen LogP contribution >= 0.6 is 0 Å². The van der Waals surface area contributed by atoms with Crippen molar-refractivity contribution in [3.63, 3.8) is 0 Å². The Hall–Kier alpha value is -1.74. The van der Waals surface area contributed by atoms with Gasteiger partial charge < -0.3 is 5.32 Å². The molecule has 3 nitrogen and oxygen atoms in total. The fraction of sp³-hybridized carbons (Fsp3) is 0.375. The van der Waals surface area contributed by atoms with Gasteiger partial charge in [0.15, 0.2) is 0 Å². The first-order valence-electron chi connectivity index (χ1n) is 7.00. The SMILES string of the molecule is CCC(=Cc1cnc2ccccc2n1)CNC1CC1. The molecule has 1 heterocycles. The van der Waals surface area contributed by atoms with Crippen molar-refractivity contribution in [2.24, 2.45) is 0 Å². The minimum Gasteiger partial charge on any atom is -0.310 e. The Morgan fingerprint density at radius 2 is 2.11 bits per heavy atom. The van der Waals surface area contributed by atoms with Crippen molar-refractivity contribution in [2.45, 2.75) is 32.2 Å². The number of hydrogen-bond acceptors (Lipinski definition) is 3. The Morgan fingerprint density at radius 3 is 2.84 bits per heavy atom. The van der Waals surface area contributed by atoms with Crippen LogP contribution in [-0.2, 0) is 0 Å². The number of rotatable bonds is 5. The molecule has 98 valence electrons. The van der Waals surface area contributed by atoms with Gasteiger partial charge >= 0.3 is 0 Å². The first-order chi connectivity index (χ1) is 9.35. The predicted molar refractivity (Wildman–Crippen MR) is 78.8 cm³/mol. The molecule has 1 aromatic heterocycles. The van der Waals surface area contributed by atoms with Crippen molar-refractivity contribution in [2.75, 3.05) is 6.54 Å². The van der Waals surface area contributed by atoms with Crippen LogP contribution in [0.15, 0.2) is 36.0 Å². The van der Waals surface area contributed by atoms with E-state index < -0.39 is 0 Å². The van der Waals surface area contributed by atoms with E-state index in [1.807, 2.05) is 30.5 Å². The van der Waals surface area contributed by atoms with Crippen LogP contribution in [0.25, 0.3) is 17.1 Å². The lowest BCUT2D eigenvalue weighted by atomic mass is 10.1. The second-order valence-electron chi connectivity index (χ2n) is 5.09. The summed E-state index contributed by atoms with van der Waals surface area (Å²) >= 11 is 0. The summed E-state index contributed by atoms with van der Waals surface area (Å²) < 4.78 is 0. The number of hydrogen-bond donors (Lipinski definition) is 1. The van der Waals surface area contributed by atoms with Crippen molar-refractivity contribution in [1.29, 1.82) is 0 Å². The molecule has 0 aliphatic heterocycles. The molecule has 0 bridgehead atoms. The molecule has 3 rings (SSSR count). The first-order valence-corrected chi connectivity index (χ1v) is 7.00. The zero-order valence-corrected chi connectivity index (χ0v) is 11.3. The van der Waals surface area contributed by atoms with Gasteiger partial charge in [0.05, 0.1) is 22.9 Å². The molecule has 0 radical (unpaired) electrons. The fourth-order valence-corrected chi connectivity index (χ4v) is 2.09. The van der Waals surface area contributed by atoms with E-state index in [4.69, 9.17) is 0 Å². The van der Waals surface area contributed by atoms with Crippen molar-refractivity contribution in [1.82, 2.24) is 15.3 Å². The lowest BCUT2D eigenvalue weighted by Gasteiger charge is -2.06. The normalized spacial score (nSPS) is 15.9. The summed E-state index contributed by atoms with van der Waals surface area (Å²) in [6.45, 7) is 3.16. The average Bonchev–Trinajstić information content (AvgIpc) is 3.27. The molecule has 0 unspecified atom stereocenters. The van der Waals surface area contributed by atoms with Crippen LogP contribution in [0.3, 0.4) is 0 Å². The number of para-hydroxylation sites is 2. The molecule has 1 aromatic carbocycles. The van der Waals surface area contributed by atoms with E-state index in [0.29, 0.717) is 0 Å². The molecule has 0 saturated heterocycles. The molecule has 1 aliphatic rings. The summed E-state index contributed by atoms with van der Waals surface area (Å²) in [6, 6.07) is 8.74. The highest BCUT2D eigenvalue weighted by molar-refractivity contribution is 5.74. The summed E-state index contributed by atoms with van der Waals surface area (Å²) in [5, 5.41) is 3.55. The molecule has 2 aromatic rings. The van der Waals surface area contributed by atoms with Gasteiger partial charge in [0.1, 0.15) is 0 Å². The molecule has 1 N–H and O–H groups in total. The second-order valence-corrected chi connectivity index (χ2v) is 5.09. The van der Waals surface area contributed by atoms with Gasteiger partial charge in [0.2, 0.25) is 0 Å². The first kappa shape index (κ1) is 12.3. The summed E-state index contributed by atoms with van der Waals surface area (Å²) in [5.74, 6) is 0. The van der Waals surface area contributed by atoms with Gasteiger partial charge in [-0.2, -0.15) is 0 Å². The van der Waals surface area contributed by atoms with E-state index in [0.717, 1.165) is 35.7 Å². The molecule has 19 heavy (non-hydrogen) atoms. The number of aromatic nitrogens is 2. The predicted octanol–water partition coefficient (Wildman–Crippen LogP) is 3.18. The maximum atomic E-state index is 4.64.